The minimum absolute atomic E-state index is 0.223. The maximum Gasteiger partial charge on any atom is 0.216 e. The van der Waals surface area contributed by atoms with Gasteiger partial charge in [-0.05, 0) is 29.4 Å². The number of hydrogen-bond acceptors (Lipinski definition) is 5. The Hall–Kier alpha value is -1.98. The number of fused-ring (bicyclic) bond motifs is 1. The molecular formula is C16H17N3OS. The number of nitrogens with one attached hydrogen (secondary N) is 1. The van der Waals surface area contributed by atoms with Crippen LogP contribution < -0.4 is 10.1 Å². The van der Waals surface area contributed by atoms with Gasteiger partial charge in [-0.15, -0.1) is 11.3 Å². The van der Waals surface area contributed by atoms with E-state index < -0.39 is 0 Å². The third-order valence-corrected chi connectivity index (χ3v) is 4.54. The summed E-state index contributed by atoms with van der Waals surface area (Å²) in [5.41, 5.74) is 2.28. The molecule has 0 spiro atoms. The van der Waals surface area contributed by atoms with Gasteiger partial charge in [0.15, 0.2) is 0 Å². The summed E-state index contributed by atoms with van der Waals surface area (Å²) in [6.07, 6.45) is 2.35. The normalized spacial score (nSPS) is 12.5. The van der Waals surface area contributed by atoms with Crippen LogP contribution in [-0.2, 0) is 6.42 Å². The van der Waals surface area contributed by atoms with E-state index in [4.69, 9.17) is 4.74 Å². The number of ether oxygens (including phenoxy) is 1. The summed E-state index contributed by atoms with van der Waals surface area (Å²) in [4.78, 5) is 8.39. The highest BCUT2D eigenvalue weighted by Gasteiger charge is 2.15. The van der Waals surface area contributed by atoms with Crippen LogP contribution in [0.1, 0.15) is 17.3 Å². The molecule has 5 heteroatoms. The molecule has 0 aliphatic rings. The maximum absolute atomic E-state index is 5.16. The number of methoxy groups -OCH3 is 1. The average Bonchev–Trinajstić information content (AvgIpc) is 2.97. The van der Waals surface area contributed by atoms with Crippen LogP contribution in [0.15, 0.2) is 42.0 Å². The van der Waals surface area contributed by atoms with Gasteiger partial charge in [-0.25, -0.2) is 9.97 Å². The van der Waals surface area contributed by atoms with Crippen molar-refractivity contribution in [3.05, 3.63) is 53.3 Å². The first-order valence-corrected chi connectivity index (χ1v) is 7.68. The van der Waals surface area contributed by atoms with Crippen molar-refractivity contribution < 1.29 is 4.74 Å². The van der Waals surface area contributed by atoms with Crippen LogP contribution in [0.5, 0.6) is 5.88 Å². The van der Waals surface area contributed by atoms with E-state index in [1.165, 1.54) is 15.6 Å². The van der Waals surface area contributed by atoms with E-state index in [-0.39, 0.29) is 6.04 Å². The van der Waals surface area contributed by atoms with Crippen LogP contribution in [0.2, 0.25) is 0 Å². The molecule has 3 aromatic rings. The fraction of sp³-hybridized carbons (Fsp3) is 0.250. The zero-order valence-electron chi connectivity index (χ0n) is 12.0. The Bertz CT molecular complexity index is 741. The Kier molecular flexibility index (Phi) is 4.13. The zero-order valence-corrected chi connectivity index (χ0v) is 12.9. The first-order valence-electron chi connectivity index (χ1n) is 6.80. The number of hydrogen-bond donors (Lipinski definition) is 1. The Morgan fingerprint density at radius 1 is 1.29 bits per heavy atom. The van der Waals surface area contributed by atoms with E-state index in [1.54, 1.807) is 24.8 Å². The number of benzene rings is 1. The summed E-state index contributed by atoms with van der Waals surface area (Å²) < 4.78 is 6.47. The fourth-order valence-electron chi connectivity index (χ4n) is 2.45. The Labute approximate surface area is 127 Å². The van der Waals surface area contributed by atoms with Gasteiger partial charge in [-0.2, -0.15) is 0 Å². The molecule has 0 amide bonds. The van der Waals surface area contributed by atoms with Gasteiger partial charge in [0, 0.05) is 28.9 Å². The molecule has 1 atom stereocenters. The lowest BCUT2D eigenvalue weighted by molar-refractivity contribution is 0.395. The predicted molar refractivity (Wildman–Crippen MR) is 85.9 cm³/mol. The van der Waals surface area contributed by atoms with Gasteiger partial charge in [-0.1, -0.05) is 18.2 Å². The van der Waals surface area contributed by atoms with Crippen LogP contribution in [0.3, 0.4) is 0 Å². The number of likely N-dealkylation sites (N-methyl/N-ethyl adjacent to an activating group) is 1. The molecule has 1 N–H and O–H groups in total. The van der Waals surface area contributed by atoms with Gasteiger partial charge in [-0.3, -0.25) is 0 Å². The summed E-state index contributed by atoms with van der Waals surface area (Å²) in [5, 5.41) is 6.92. The Morgan fingerprint density at radius 2 is 2.14 bits per heavy atom. The summed E-state index contributed by atoms with van der Waals surface area (Å²) in [7, 11) is 3.60. The molecule has 0 radical (unpaired) electrons. The van der Waals surface area contributed by atoms with Crippen LogP contribution in [0.25, 0.3) is 10.1 Å². The maximum atomic E-state index is 5.16. The lowest BCUT2D eigenvalue weighted by atomic mass is 10.0. The van der Waals surface area contributed by atoms with E-state index in [0.29, 0.717) is 5.88 Å². The van der Waals surface area contributed by atoms with Crippen molar-refractivity contribution >= 4 is 21.4 Å². The molecule has 0 bridgehead atoms. The first-order chi connectivity index (χ1) is 10.3. The van der Waals surface area contributed by atoms with E-state index in [0.717, 1.165) is 12.1 Å². The molecule has 1 aromatic carbocycles. The molecule has 2 heterocycles. The quantitative estimate of drug-likeness (QED) is 0.786. The van der Waals surface area contributed by atoms with Crippen molar-refractivity contribution in [1.82, 2.24) is 15.3 Å². The van der Waals surface area contributed by atoms with Crippen LogP contribution in [0, 0.1) is 0 Å². The van der Waals surface area contributed by atoms with Gasteiger partial charge >= 0.3 is 0 Å². The average molecular weight is 299 g/mol. The smallest absolute Gasteiger partial charge is 0.216 e. The minimum atomic E-state index is 0.223. The summed E-state index contributed by atoms with van der Waals surface area (Å²) in [6, 6.07) is 10.6. The number of thiophene rings is 1. The molecule has 3 rings (SSSR count). The van der Waals surface area contributed by atoms with Crippen molar-refractivity contribution in [2.45, 2.75) is 12.5 Å². The third-order valence-electron chi connectivity index (χ3n) is 3.56. The highest BCUT2D eigenvalue weighted by Crippen LogP contribution is 2.31. The van der Waals surface area contributed by atoms with E-state index in [9.17, 15) is 0 Å². The minimum Gasteiger partial charge on any atom is -0.481 e. The molecule has 2 aromatic heterocycles. The third kappa shape index (κ3) is 2.89. The molecule has 0 saturated heterocycles. The largest absolute Gasteiger partial charge is 0.481 e. The molecule has 108 valence electrons. The van der Waals surface area contributed by atoms with Gasteiger partial charge in [0.25, 0.3) is 0 Å². The number of nitrogens with zero attached hydrogens (tertiary/aromatic N) is 2. The van der Waals surface area contributed by atoms with Crippen molar-refractivity contribution in [3.63, 3.8) is 0 Å². The van der Waals surface area contributed by atoms with Gasteiger partial charge in [0.2, 0.25) is 5.88 Å². The molecule has 0 aliphatic heterocycles. The zero-order chi connectivity index (χ0) is 14.7. The second-order valence-corrected chi connectivity index (χ2v) is 5.70. The topological polar surface area (TPSA) is 47.0 Å². The predicted octanol–water partition coefficient (Wildman–Crippen LogP) is 3.20. The fourth-order valence-corrected chi connectivity index (χ4v) is 3.46. The molecule has 21 heavy (non-hydrogen) atoms. The van der Waals surface area contributed by atoms with Crippen molar-refractivity contribution in [2.24, 2.45) is 0 Å². The van der Waals surface area contributed by atoms with E-state index in [1.807, 2.05) is 13.1 Å². The summed E-state index contributed by atoms with van der Waals surface area (Å²) >= 11 is 1.78. The van der Waals surface area contributed by atoms with Crippen LogP contribution in [0.4, 0.5) is 0 Å². The highest BCUT2D eigenvalue weighted by molar-refractivity contribution is 7.17. The Balaban J connectivity index is 1.91. The van der Waals surface area contributed by atoms with E-state index >= 15 is 0 Å². The second kappa shape index (κ2) is 6.20. The molecule has 0 aliphatic carbocycles. The second-order valence-electron chi connectivity index (χ2n) is 4.78. The van der Waals surface area contributed by atoms with Crippen LogP contribution in [-0.4, -0.2) is 24.1 Å². The molecular weight excluding hydrogens is 282 g/mol. The van der Waals surface area contributed by atoms with Crippen molar-refractivity contribution in [3.8, 4) is 5.88 Å². The summed E-state index contributed by atoms with van der Waals surface area (Å²) in [6.45, 7) is 0. The first kappa shape index (κ1) is 14.0. The number of aromatic nitrogens is 2. The van der Waals surface area contributed by atoms with Gasteiger partial charge < -0.3 is 10.1 Å². The molecule has 0 saturated carbocycles. The van der Waals surface area contributed by atoms with Crippen LogP contribution >= 0.6 is 11.3 Å². The molecule has 1 unspecified atom stereocenters. The monoisotopic (exact) mass is 299 g/mol. The number of rotatable bonds is 5. The van der Waals surface area contributed by atoms with E-state index in [2.05, 4.69) is 44.9 Å². The van der Waals surface area contributed by atoms with Gasteiger partial charge in [0.05, 0.1) is 7.11 Å². The summed E-state index contributed by atoms with van der Waals surface area (Å²) in [5.74, 6) is 0.602. The lowest BCUT2D eigenvalue weighted by Crippen LogP contribution is -2.19. The standard InChI is InChI=1S/C16H17N3OS/c1-17-14(7-11-8-16(20-2)19-10-18-11)13-9-21-15-6-4-3-5-12(13)15/h3-6,8-10,14,17H,7H2,1-2H3. The lowest BCUT2D eigenvalue weighted by Gasteiger charge is -2.15. The van der Waals surface area contributed by atoms with Crippen molar-refractivity contribution in [1.29, 1.82) is 0 Å². The van der Waals surface area contributed by atoms with Gasteiger partial charge in [0.1, 0.15) is 6.33 Å². The molecule has 0 fully saturated rings. The van der Waals surface area contributed by atoms with Crippen molar-refractivity contribution in [2.75, 3.05) is 14.2 Å². The highest BCUT2D eigenvalue weighted by atomic mass is 32.1. The SMILES string of the molecule is CNC(Cc1cc(OC)ncn1)c1csc2ccccc12. The Morgan fingerprint density at radius 3 is 2.95 bits per heavy atom. The molecule has 4 nitrogen and oxygen atoms in total.